The average Bonchev–Trinajstić information content (AvgIpc) is 3.19. The van der Waals surface area contributed by atoms with Crippen LogP contribution in [0, 0.1) is 0 Å². The lowest BCUT2D eigenvalue weighted by molar-refractivity contribution is 0.0481. The lowest BCUT2D eigenvalue weighted by atomic mass is 10.1. The molecule has 33 heavy (non-hydrogen) atoms. The Morgan fingerprint density at radius 2 is 1.09 bits per heavy atom. The van der Waals surface area contributed by atoms with Crippen LogP contribution in [0.2, 0.25) is 0 Å². The molecule has 8 nitrogen and oxygen atoms in total. The highest BCUT2D eigenvalue weighted by Gasteiger charge is 2.30. The van der Waals surface area contributed by atoms with Crippen molar-refractivity contribution in [2.75, 3.05) is 13.2 Å². The van der Waals surface area contributed by atoms with Crippen LogP contribution in [0.3, 0.4) is 0 Å². The molecule has 0 spiro atoms. The Kier molecular flexibility index (Phi) is 8.56. The van der Waals surface area contributed by atoms with Gasteiger partial charge in [0.25, 0.3) is 0 Å². The van der Waals surface area contributed by atoms with Crippen molar-refractivity contribution in [3.8, 4) is 0 Å². The summed E-state index contributed by atoms with van der Waals surface area (Å²) in [6.45, 7) is 3.57. The first-order chi connectivity index (χ1) is 16.1. The number of esters is 2. The van der Waals surface area contributed by atoms with Gasteiger partial charge in [0, 0.05) is 0 Å². The summed E-state index contributed by atoms with van der Waals surface area (Å²) >= 11 is 0.985. The van der Waals surface area contributed by atoms with Crippen LogP contribution in [-0.2, 0) is 9.47 Å². The molecule has 0 aliphatic carbocycles. The first kappa shape index (κ1) is 23.5. The Morgan fingerprint density at radius 1 is 0.697 bits per heavy atom. The van der Waals surface area contributed by atoms with E-state index < -0.39 is 11.9 Å². The number of aliphatic imine (C=N–C) groups is 4. The van der Waals surface area contributed by atoms with Gasteiger partial charge in [0.05, 0.1) is 24.6 Å². The SMILES string of the molecule is CCOC(=O)c1c(N=C=Nc2ccccc2)sc(N=C=Nc2ccccc2)c1C(=O)OCC. The molecular formula is C24H20N4O4S. The fourth-order valence-electron chi connectivity index (χ4n) is 2.61. The number of nitrogens with zero attached hydrogens (tertiary/aromatic N) is 4. The van der Waals surface area contributed by atoms with Gasteiger partial charge in [-0.1, -0.05) is 47.7 Å². The molecule has 0 N–H and O–H groups in total. The van der Waals surface area contributed by atoms with Gasteiger partial charge in [-0.25, -0.2) is 9.59 Å². The van der Waals surface area contributed by atoms with E-state index in [0.717, 1.165) is 11.3 Å². The molecule has 0 atom stereocenters. The zero-order chi connectivity index (χ0) is 23.5. The first-order valence-electron chi connectivity index (χ1n) is 10.1. The number of ether oxygens (including phenoxy) is 2. The summed E-state index contributed by atoms with van der Waals surface area (Å²) in [6, 6.07) is 23.3. The second-order valence-corrected chi connectivity index (χ2v) is 7.20. The van der Waals surface area contributed by atoms with E-state index in [1.807, 2.05) is 36.4 Å². The summed E-state index contributed by atoms with van der Waals surface area (Å²) < 4.78 is 10.3. The summed E-state index contributed by atoms with van der Waals surface area (Å²) in [7, 11) is 0. The summed E-state index contributed by atoms with van der Waals surface area (Å²) in [5.41, 5.74) is 1.15. The van der Waals surface area contributed by atoms with E-state index in [0.29, 0.717) is 11.4 Å². The molecule has 0 saturated heterocycles. The average molecular weight is 461 g/mol. The molecule has 9 heteroatoms. The molecule has 0 radical (unpaired) electrons. The second kappa shape index (κ2) is 12.0. The lowest BCUT2D eigenvalue weighted by Crippen LogP contribution is -2.12. The minimum absolute atomic E-state index is 0.0590. The highest BCUT2D eigenvalue weighted by atomic mass is 32.1. The van der Waals surface area contributed by atoms with Crippen molar-refractivity contribution < 1.29 is 19.1 Å². The zero-order valence-electron chi connectivity index (χ0n) is 18.0. The summed E-state index contributed by atoms with van der Waals surface area (Å²) in [4.78, 5) is 42.0. The lowest BCUT2D eigenvalue weighted by Gasteiger charge is -2.05. The van der Waals surface area contributed by atoms with Crippen LogP contribution in [0.1, 0.15) is 34.6 Å². The topological polar surface area (TPSA) is 102 Å². The van der Waals surface area contributed by atoms with Crippen molar-refractivity contribution >= 4 is 56.7 Å². The maximum Gasteiger partial charge on any atom is 0.342 e. The van der Waals surface area contributed by atoms with Crippen LogP contribution in [0.25, 0.3) is 0 Å². The van der Waals surface area contributed by atoms with E-state index in [9.17, 15) is 9.59 Å². The first-order valence-corrected chi connectivity index (χ1v) is 10.9. The molecule has 3 rings (SSSR count). The van der Waals surface area contributed by atoms with Crippen molar-refractivity contribution in [3.63, 3.8) is 0 Å². The molecule has 2 aromatic carbocycles. The number of hydrogen-bond donors (Lipinski definition) is 0. The van der Waals surface area contributed by atoms with E-state index in [2.05, 4.69) is 32.0 Å². The Morgan fingerprint density at radius 3 is 1.45 bits per heavy atom. The van der Waals surface area contributed by atoms with Crippen LogP contribution in [-0.4, -0.2) is 37.2 Å². The highest BCUT2D eigenvalue weighted by Crippen LogP contribution is 2.42. The van der Waals surface area contributed by atoms with E-state index >= 15 is 0 Å². The van der Waals surface area contributed by atoms with Crippen molar-refractivity contribution in [2.45, 2.75) is 13.8 Å². The van der Waals surface area contributed by atoms with Gasteiger partial charge in [-0.3, -0.25) is 0 Å². The van der Waals surface area contributed by atoms with E-state index in [4.69, 9.17) is 9.47 Å². The van der Waals surface area contributed by atoms with E-state index in [1.54, 1.807) is 38.1 Å². The summed E-state index contributed by atoms with van der Waals surface area (Å²) in [5.74, 6) is -1.45. The number of carbonyl (C=O) groups excluding carboxylic acids is 2. The molecule has 0 amide bonds. The fourth-order valence-corrected chi connectivity index (χ4v) is 3.54. The predicted molar refractivity (Wildman–Crippen MR) is 127 cm³/mol. The van der Waals surface area contributed by atoms with Gasteiger partial charge in [0.1, 0.15) is 33.1 Å². The molecule has 1 heterocycles. The number of para-hydroxylation sites is 2. The van der Waals surface area contributed by atoms with E-state index in [1.165, 1.54) is 0 Å². The Hall–Kier alpha value is -4.16. The smallest absolute Gasteiger partial charge is 0.342 e. The summed E-state index contributed by atoms with van der Waals surface area (Å²) in [5, 5.41) is 0.327. The molecule has 1 aromatic heterocycles. The normalized spacial score (nSPS) is 9.76. The van der Waals surface area contributed by atoms with Crippen molar-refractivity contribution in [3.05, 3.63) is 71.8 Å². The van der Waals surface area contributed by atoms with Gasteiger partial charge in [0.2, 0.25) is 0 Å². The van der Waals surface area contributed by atoms with Crippen molar-refractivity contribution in [1.29, 1.82) is 0 Å². The molecule has 0 fully saturated rings. The minimum atomic E-state index is -0.724. The molecule has 166 valence electrons. The molecule has 0 aliphatic rings. The molecule has 0 unspecified atom stereocenters. The Labute approximate surface area is 194 Å². The van der Waals surface area contributed by atoms with Crippen LogP contribution in [0.4, 0.5) is 21.4 Å². The van der Waals surface area contributed by atoms with Crippen LogP contribution >= 0.6 is 11.3 Å². The third-order valence-corrected chi connectivity index (χ3v) is 4.98. The van der Waals surface area contributed by atoms with Gasteiger partial charge in [-0.05, 0) is 38.1 Å². The monoisotopic (exact) mass is 460 g/mol. The molecule has 0 bridgehead atoms. The quantitative estimate of drug-likeness (QED) is 0.288. The third kappa shape index (κ3) is 6.41. The Bertz CT molecular complexity index is 1140. The van der Waals surface area contributed by atoms with Gasteiger partial charge < -0.3 is 9.47 Å². The second-order valence-electron chi connectivity index (χ2n) is 6.22. The molecule has 0 saturated carbocycles. The van der Waals surface area contributed by atoms with Crippen molar-refractivity contribution in [1.82, 2.24) is 0 Å². The summed E-state index contributed by atoms with van der Waals surface area (Å²) in [6.07, 6.45) is 0. The van der Waals surface area contributed by atoms with Crippen LogP contribution < -0.4 is 0 Å². The van der Waals surface area contributed by atoms with Gasteiger partial charge in [-0.2, -0.15) is 20.0 Å². The standard InChI is InChI=1S/C24H20N4O4S/c1-3-31-23(29)19-20(24(30)32-4-2)22(28-16-26-18-13-9-6-10-14-18)33-21(19)27-15-25-17-11-7-5-8-12-17/h5-14H,3-4H2,1-2H3. The zero-order valence-corrected chi connectivity index (χ0v) is 18.8. The molecule has 0 aliphatic heterocycles. The van der Waals surface area contributed by atoms with Gasteiger partial charge >= 0.3 is 11.9 Å². The van der Waals surface area contributed by atoms with Gasteiger partial charge in [-0.15, -0.1) is 0 Å². The van der Waals surface area contributed by atoms with E-state index in [-0.39, 0.29) is 34.3 Å². The maximum atomic E-state index is 12.7. The largest absolute Gasteiger partial charge is 0.462 e. The van der Waals surface area contributed by atoms with Gasteiger partial charge in [0.15, 0.2) is 0 Å². The maximum absolute atomic E-state index is 12.7. The minimum Gasteiger partial charge on any atom is -0.462 e. The Balaban J connectivity index is 2.11. The highest BCUT2D eigenvalue weighted by molar-refractivity contribution is 7.20. The molecule has 3 aromatic rings. The number of carbonyl (C=O) groups is 2. The predicted octanol–water partition coefficient (Wildman–Crippen LogP) is 6.38. The third-order valence-electron chi connectivity index (χ3n) is 4.00. The molecular weight excluding hydrogens is 440 g/mol. The van der Waals surface area contributed by atoms with Crippen molar-refractivity contribution in [2.24, 2.45) is 20.0 Å². The number of rotatable bonds is 8. The van der Waals surface area contributed by atoms with Crippen LogP contribution in [0.15, 0.2) is 80.6 Å². The number of benzene rings is 2. The van der Waals surface area contributed by atoms with Crippen LogP contribution in [0.5, 0.6) is 0 Å². The number of hydrogen-bond acceptors (Lipinski definition) is 9. The fraction of sp³-hybridized carbons (Fsp3) is 0.167. The number of thiophene rings is 1.